The fourth-order valence-electron chi connectivity index (χ4n) is 3.60. The number of aromatic nitrogens is 2. The standard InChI is InChI=1S/C24H27F3N4O5/c1-3-35-21(33)17-10-12-31(13-11-17)23-28-14-19(29-22(34)24(25,26)27)20(30-23)36-18-8-6-16(7-9-18)5-4-15(2)32/h6-9,14,17H,3-5,10-13H2,1-2H3,(H,29,34). The van der Waals surface area contributed by atoms with Crippen LogP contribution in [0, 0.1) is 5.92 Å². The quantitative estimate of drug-likeness (QED) is 0.505. The highest BCUT2D eigenvalue weighted by Crippen LogP contribution is 2.32. The lowest BCUT2D eigenvalue weighted by Crippen LogP contribution is -2.38. The molecule has 9 nitrogen and oxygen atoms in total. The van der Waals surface area contributed by atoms with Crippen LogP contribution in [-0.2, 0) is 25.5 Å². The number of piperidine rings is 1. The molecule has 2 aromatic rings. The van der Waals surface area contributed by atoms with Gasteiger partial charge in [-0.2, -0.15) is 18.2 Å². The second kappa shape index (κ2) is 11.8. The van der Waals surface area contributed by atoms with Gasteiger partial charge in [-0.15, -0.1) is 0 Å². The van der Waals surface area contributed by atoms with E-state index in [2.05, 4.69) is 9.97 Å². The maximum atomic E-state index is 12.8. The Kier molecular flexibility index (Phi) is 8.83. The first kappa shape index (κ1) is 26.9. The number of alkyl halides is 3. The van der Waals surface area contributed by atoms with Crippen LogP contribution in [0.5, 0.6) is 11.6 Å². The summed E-state index contributed by atoms with van der Waals surface area (Å²) in [6.07, 6.45) is -2.11. The lowest BCUT2D eigenvalue weighted by molar-refractivity contribution is -0.167. The first-order chi connectivity index (χ1) is 17.1. The summed E-state index contributed by atoms with van der Waals surface area (Å²) in [7, 11) is 0. The highest BCUT2D eigenvalue weighted by atomic mass is 19.4. The summed E-state index contributed by atoms with van der Waals surface area (Å²) in [4.78, 5) is 44.8. The number of nitrogens with one attached hydrogen (secondary N) is 1. The molecule has 1 aromatic carbocycles. The van der Waals surface area contributed by atoms with Gasteiger partial charge in [-0.25, -0.2) is 4.98 Å². The average molecular weight is 508 g/mol. The van der Waals surface area contributed by atoms with Crippen molar-refractivity contribution in [3.05, 3.63) is 36.0 Å². The van der Waals surface area contributed by atoms with E-state index in [1.165, 1.54) is 6.92 Å². The Bertz CT molecular complexity index is 1080. The highest BCUT2D eigenvalue weighted by Gasteiger charge is 2.39. The van der Waals surface area contributed by atoms with Gasteiger partial charge in [0.15, 0.2) is 0 Å². The van der Waals surface area contributed by atoms with E-state index in [1.54, 1.807) is 41.4 Å². The average Bonchev–Trinajstić information content (AvgIpc) is 2.84. The fraction of sp³-hybridized carbons (Fsp3) is 0.458. The number of nitrogens with zero attached hydrogens (tertiary/aromatic N) is 3. The number of ketones is 1. The molecule has 1 aliphatic heterocycles. The number of anilines is 2. The molecule has 3 rings (SSSR count). The summed E-state index contributed by atoms with van der Waals surface area (Å²) in [5, 5.41) is 1.75. The SMILES string of the molecule is CCOC(=O)C1CCN(c2ncc(NC(=O)C(F)(F)F)c(Oc3ccc(CCC(C)=O)cc3)n2)CC1. The number of hydrogen-bond donors (Lipinski definition) is 1. The maximum absolute atomic E-state index is 12.8. The normalized spacial score (nSPS) is 14.3. The molecule has 0 saturated carbocycles. The van der Waals surface area contributed by atoms with Gasteiger partial charge in [0.25, 0.3) is 0 Å². The predicted octanol–water partition coefficient (Wildman–Crippen LogP) is 4.07. The summed E-state index contributed by atoms with van der Waals surface area (Å²) in [5.41, 5.74) is 0.541. The Morgan fingerprint density at radius 1 is 1.14 bits per heavy atom. The summed E-state index contributed by atoms with van der Waals surface area (Å²) >= 11 is 0. The second-order valence-electron chi connectivity index (χ2n) is 8.30. The number of carbonyl (C=O) groups excluding carboxylic acids is 3. The molecule has 1 fully saturated rings. The molecular formula is C24H27F3N4O5. The smallest absolute Gasteiger partial charge is 0.466 e. The first-order valence-corrected chi connectivity index (χ1v) is 11.5. The van der Waals surface area contributed by atoms with Crippen LogP contribution in [0.2, 0.25) is 0 Å². The number of carbonyl (C=O) groups is 3. The molecule has 0 bridgehead atoms. The van der Waals surface area contributed by atoms with Crippen molar-refractivity contribution in [2.24, 2.45) is 5.92 Å². The minimum Gasteiger partial charge on any atom is -0.466 e. The first-order valence-electron chi connectivity index (χ1n) is 11.5. The molecule has 1 aromatic heterocycles. The van der Waals surface area contributed by atoms with Crippen LogP contribution < -0.4 is 15.0 Å². The van der Waals surface area contributed by atoms with Crippen molar-refractivity contribution >= 4 is 29.3 Å². The maximum Gasteiger partial charge on any atom is 0.471 e. The molecule has 0 spiro atoms. The Balaban J connectivity index is 1.79. The summed E-state index contributed by atoms with van der Waals surface area (Å²) in [6, 6.07) is 6.65. The van der Waals surface area contributed by atoms with E-state index >= 15 is 0 Å². The summed E-state index contributed by atoms with van der Waals surface area (Å²) in [6.45, 7) is 4.40. The minimum absolute atomic E-state index is 0.0557. The summed E-state index contributed by atoms with van der Waals surface area (Å²) < 4.78 is 49.3. The molecule has 12 heteroatoms. The van der Waals surface area contributed by atoms with E-state index < -0.39 is 12.1 Å². The molecule has 2 heterocycles. The van der Waals surface area contributed by atoms with Crippen LogP contribution in [0.1, 0.15) is 38.7 Å². The number of aryl methyl sites for hydroxylation is 1. The third-order valence-electron chi connectivity index (χ3n) is 5.55. The predicted molar refractivity (Wildman–Crippen MR) is 124 cm³/mol. The van der Waals surface area contributed by atoms with E-state index in [4.69, 9.17) is 9.47 Å². The molecule has 0 atom stereocenters. The van der Waals surface area contributed by atoms with Gasteiger partial charge in [0.2, 0.25) is 11.8 Å². The molecule has 0 aliphatic carbocycles. The molecule has 194 valence electrons. The zero-order chi connectivity index (χ0) is 26.3. The van der Waals surface area contributed by atoms with Crippen LogP contribution in [0.15, 0.2) is 30.5 Å². The molecule has 1 N–H and O–H groups in total. The Hall–Kier alpha value is -3.70. The number of rotatable bonds is 9. The minimum atomic E-state index is -5.11. The number of hydrogen-bond acceptors (Lipinski definition) is 8. The van der Waals surface area contributed by atoms with Crippen LogP contribution in [0.3, 0.4) is 0 Å². The van der Waals surface area contributed by atoms with Gasteiger partial charge in [-0.3, -0.25) is 9.59 Å². The van der Waals surface area contributed by atoms with Gasteiger partial charge >= 0.3 is 18.1 Å². The van der Waals surface area contributed by atoms with Crippen molar-refractivity contribution in [1.82, 2.24) is 9.97 Å². The second-order valence-corrected chi connectivity index (χ2v) is 8.30. The number of esters is 1. The Morgan fingerprint density at radius 3 is 2.39 bits per heavy atom. The largest absolute Gasteiger partial charge is 0.471 e. The van der Waals surface area contributed by atoms with Gasteiger partial charge in [0.05, 0.1) is 18.7 Å². The van der Waals surface area contributed by atoms with Gasteiger partial charge in [-0.1, -0.05) is 12.1 Å². The molecule has 36 heavy (non-hydrogen) atoms. The number of amides is 1. The van der Waals surface area contributed by atoms with E-state index in [9.17, 15) is 27.6 Å². The van der Waals surface area contributed by atoms with Crippen LogP contribution >= 0.6 is 0 Å². The van der Waals surface area contributed by atoms with E-state index in [0.29, 0.717) is 45.4 Å². The molecular weight excluding hydrogens is 481 g/mol. The van der Waals surface area contributed by atoms with Gasteiger partial charge in [0, 0.05) is 19.5 Å². The molecule has 1 amide bonds. The number of benzene rings is 1. The molecule has 1 aliphatic rings. The van der Waals surface area contributed by atoms with Crippen molar-refractivity contribution in [2.75, 3.05) is 29.9 Å². The van der Waals surface area contributed by atoms with E-state index in [-0.39, 0.29) is 40.9 Å². The van der Waals surface area contributed by atoms with E-state index in [1.807, 2.05) is 0 Å². The third-order valence-corrected chi connectivity index (χ3v) is 5.55. The number of Topliss-reactive ketones (excluding diaryl/α,β-unsaturated/α-hetero) is 1. The van der Waals surface area contributed by atoms with Crippen molar-refractivity contribution in [2.45, 2.75) is 45.7 Å². The van der Waals surface area contributed by atoms with Crippen LogP contribution in [0.25, 0.3) is 0 Å². The zero-order valence-electron chi connectivity index (χ0n) is 19.9. The monoisotopic (exact) mass is 508 g/mol. The zero-order valence-corrected chi connectivity index (χ0v) is 19.9. The van der Waals surface area contributed by atoms with Gasteiger partial charge in [0.1, 0.15) is 17.2 Å². The topological polar surface area (TPSA) is 111 Å². The van der Waals surface area contributed by atoms with E-state index in [0.717, 1.165) is 11.8 Å². The molecule has 0 radical (unpaired) electrons. The number of halogens is 3. The van der Waals surface area contributed by atoms with Crippen molar-refractivity contribution < 1.29 is 37.0 Å². The van der Waals surface area contributed by atoms with Gasteiger partial charge < -0.3 is 24.5 Å². The summed E-state index contributed by atoms with van der Waals surface area (Å²) in [5.74, 6) is -2.44. The number of ether oxygens (including phenoxy) is 2. The van der Waals surface area contributed by atoms with Crippen molar-refractivity contribution in [1.29, 1.82) is 0 Å². The fourth-order valence-corrected chi connectivity index (χ4v) is 3.60. The molecule has 0 unspecified atom stereocenters. The van der Waals surface area contributed by atoms with Crippen molar-refractivity contribution in [3.8, 4) is 11.6 Å². The molecule has 1 saturated heterocycles. The lowest BCUT2D eigenvalue weighted by Gasteiger charge is -2.31. The Morgan fingerprint density at radius 2 is 1.81 bits per heavy atom. The van der Waals surface area contributed by atoms with Crippen LogP contribution in [-0.4, -0.2) is 53.5 Å². The third kappa shape index (κ3) is 7.40. The lowest BCUT2D eigenvalue weighted by atomic mass is 9.97. The highest BCUT2D eigenvalue weighted by molar-refractivity contribution is 5.95. The Labute approximate surface area is 206 Å². The van der Waals surface area contributed by atoms with Gasteiger partial charge in [-0.05, 0) is 50.8 Å². The van der Waals surface area contributed by atoms with Crippen molar-refractivity contribution in [3.63, 3.8) is 0 Å². The van der Waals surface area contributed by atoms with Crippen LogP contribution in [0.4, 0.5) is 24.8 Å².